The summed E-state index contributed by atoms with van der Waals surface area (Å²) in [5.41, 5.74) is 6.36. The second-order valence-corrected chi connectivity index (χ2v) is 3.76. The predicted octanol–water partition coefficient (Wildman–Crippen LogP) is 2.70. The van der Waals surface area contributed by atoms with Crippen molar-refractivity contribution in [3.05, 3.63) is 34.5 Å². The molecule has 0 saturated heterocycles. The molecule has 0 amide bonds. The van der Waals surface area contributed by atoms with E-state index in [2.05, 4.69) is 15.9 Å². The molecule has 68 valence electrons. The molecule has 0 fully saturated rings. The molecule has 0 saturated carbocycles. The molecule has 2 N–H and O–H groups in total. The zero-order valence-corrected chi connectivity index (χ0v) is 8.67. The molecule has 1 heterocycles. The average Bonchev–Trinajstić information content (AvgIpc) is 2.49. The van der Waals surface area contributed by atoms with Crippen molar-refractivity contribution in [1.82, 2.24) is 0 Å². The number of hydrogen-bond donors (Lipinski definition) is 1. The monoisotopic (exact) mass is 239 g/mol. The Morgan fingerprint density at radius 3 is 2.92 bits per heavy atom. The zero-order valence-electron chi connectivity index (χ0n) is 7.09. The first-order valence-corrected chi connectivity index (χ1v) is 4.97. The Bertz CT molecular complexity index is 422. The van der Waals surface area contributed by atoms with Crippen LogP contribution in [0.25, 0.3) is 11.0 Å². The molecule has 1 aromatic heterocycles. The highest BCUT2D eigenvalue weighted by Gasteiger charge is 2.04. The Morgan fingerprint density at radius 1 is 1.38 bits per heavy atom. The summed E-state index contributed by atoms with van der Waals surface area (Å²) >= 11 is 3.47. The summed E-state index contributed by atoms with van der Waals surface area (Å²) in [6, 6.07) is 7.96. The van der Waals surface area contributed by atoms with E-state index in [1.54, 1.807) is 0 Å². The fourth-order valence-corrected chi connectivity index (χ4v) is 1.81. The third-order valence-corrected chi connectivity index (χ3v) is 2.64. The molecule has 2 nitrogen and oxygen atoms in total. The van der Waals surface area contributed by atoms with Crippen LogP contribution in [0, 0.1) is 0 Å². The van der Waals surface area contributed by atoms with Gasteiger partial charge < -0.3 is 10.2 Å². The largest absolute Gasteiger partial charge is 0.461 e. The summed E-state index contributed by atoms with van der Waals surface area (Å²) in [5.74, 6) is 0.949. The van der Waals surface area contributed by atoms with Crippen LogP contribution in [0.5, 0.6) is 0 Å². The first-order chi connectivity index (χ1) is 6.31. The Hall–Kier alpha value is -0.800. The maximum atomic E-state index is 5.58. The molecule has 13 heavy (non-hydrogen) atoms. The molecular formula is C10H10BrNO. The normalized spacial score (nSPS) is 10.9. The van der Waals surface area contributed by atoms with Gasteiger partial charge >= 0.3 is 0 Å². The Balaban J connectivity index is 2.55. The SMILES string of the molecule is NCCc1cc2c(Br)cccc2o1. The highest BCUT2D eigenvalue weighted by atomic mass is 79.9. The number of rotatable bonds is 2. The van der Waals surface area contributed by atoms with Gasteiger partial charge in [0.25, 0.3) is 0 Å². The van der Waals surface area contributed by atoms with Crippen molar-refractivity contribution < 1.29 is 4.42 Å². The van der Waals surface area contributed by atoms with E-state index in [-0.39, 0.29) is 0 Å². The fourth-order valence-electron chi connectivity index (χ4n) is 1.34. The maximum Gasteiger partial charge on any atom is 0.135 e. The van der Waals surface area contributed by atoms with Crippen molar-refractivity contribution in [3.63, 3.8) is 0 Å². The predicted molar refractivity (Wildman–Crippen MR) is 56.7 cm³/mol. The topological polar surface area (TPSA) is 39.2 Å². The van der Waals surface area contributed by atoms with Crippen LogP contribution < -0.4 is 5.73 Å². The fraction of sp³-hybridized carbons (Fsp3) is 0.200. The summed E-state index contributed by atoms with van der Waals surface area (Å²) in [5, 5.41) is 1.12. The third kappa shape index (κ3) is 1.62. The standard InChI is InChI=1S/C10H10BrNO/c11-9-2-1-3-10-8(9)6-7(13-10)4-5-12/h1-3,6H,4-5,12H2. The Labute approximate surface area is 84.8 Å². The van der Waals surface area contributed by atoms with E-state index in [9.17, 15) is 0 Å². The van der Waals surface area contributed by atoms with Gasteiger partial charge in [-0.25, -0.2) is 0 Å². The van der Waals surface area contributed by atoms with Crippen molar-refractivity contribution in [2.45, 2.75) is 6.42 Å². The van der Waals surface area contributed by atoms with Crippen molar-refractivity contribution in [3.8, 4) is 0 Å². The molecule has 0 atom stereocenters. The van der Waals surface area contributed by atoms with Gasteiger partial charge in [-0.3, -0.25) is 0 Å². The third-order valence-electron chi connectivity index (χ3n) is 1.95. The summed E-state index contributed by atoms with van der Waals surface area (Å²) in [6.45, 7) is 0.622. The van der Waals surface area contributed by atoms with Crippen LogP contribution in [0.2, 0.25) is 0 Å². The van der Waals surface area contributed by atoms with Crippen molar-refractivity contribution in [2.24, 2.45) is 5.73 Å². The Morgan fingerprint density at radius 2 is 2.23 bits per heavy atom. The number of halogens is 1. The number of fused-ring (bicyclic) bond motifs is 1. The highest BCUT2D eigenvalue weighted by molar-refractivity contribution is 9.10. The molecule has 0 unspecified atom stereocenters. The quantitative estimate of drug-likeness (QED) is 0.876. The van der Waals surface area contributed by atoms with Crippen LogP contribution in [0.4, 0.5) is 0 Å². The van der Waals surface area contributed by atoms with E-state index in [4.69, 9.17) is 10.2 Å². The number of hydrogen-bond acceptors (Lipinski definition) is 2. The van der Waals surface area contributed by atoms with E-state index in [1.807, 2.05) is 24.3 Å². The van der Waals surface area contributed by atoms with Gasteiger partial charge in [0.1, 0.15) is 11.3 Å². The number of furan rings is 1. The van der Waals surface area contributed by atoms with E-state index in [1.165, 1.54) is 0 Å². The number of benzene rings is 1. The van der Waals surface area contributed by atoms with Gasteiger partial charge in [-0.2, -0.15) is 0 Å². The molecule has 2 aromatic rings. The van der Waals surface area contributed by atoms with Crippen molar-refractivity contribution >= 4 is 26.9 Å². The minimum atomic E-state index is 0.622. The molecule has 0 aliphatic rings. The van der Waals surface area contributed by atoms with Gasteiger partial charge in [-0.1, -0.05) is 22.0 Å². The van der Waals surface area contributed by atoms with Crippen LogP contribution in [0.3, 0.4) is 0 Å². The lowest BCUT2D eigenvalue weighted by Crippen LogP contribution is -2.01. The van der Waals surface area contributed by atoms with E-state index in [0.717, 1.165) is 27.6 Å². The maximum absolute atomic E-state index is 5.58. The lowest BCUT2D eigenvalue weighted by atomic mass is 10.2. The summed E-state index contributed by atoms with van der Waals surface area (Å²) in [6.07, 6.45) is 0.793. The molecule has 0 aliphatic heterocycles. The smallest absolute Gasteiger partial charge is 0.135 e. The van der Waals surface area contributed by atoms with Gasteiger partial charge in [0.15, 0.2) is 0 Å². The molecule has 0 aliphatic carbocycles. The van der Waals surface area contributed by atoms with Gasteiger partial charge in [-0.15, -0.1) is 0 Å². The average molecular weight is 240 g/mol. The molecule has 3 heteroatoms. The van der Waals surface area contributed by atoms with Crippen LogP contribution in [0.15, 0.2) is 33.2 Å². The molecule has 1 aromatic carbocycles. The Kier molecular flexibility index (Phi) is 2.38. The van der Waals surface area contributed by atoms with Crippen LogP contribution in [-0.2, 0) is 6.42 Å². The zero-order chi connectivity index (χ0) is 9.26. The lowest BCUT2D eigenvalue weighted by Gasteiger charge is -1.89. The molecular weight excluding hydrogens is 230 g/mol. The van der Waals surface area contributed by atoms with E-state index < -0.39 is 0 Å². The first kappa shape index (κ1) is 8.78. The summed E-state index contributed by atoms with van der Waals surface area (Å²) in [7, 11) is 0. The molecule has 0 bridgehead atoms. The minimum absolute atomic E-state index is 0.622. The van der Waals surface area contributed by atoms with Gasteiger partial charge in [0.2, 0.25) is 0 Å². The minimum Gasteiger partial charge on any atom is -0.461 e. The van der Waals surface area contributed by atoms with Crippen molar-refractivity contribution in [2.75, 3.05) is 6.54 Å². The van der Waals surface area contributed by atoms with E-state index >= 15 is 0 Å². The van der Waals surface area contributed by atoms with E-state index in [0.29, 0.717) is 6.54 Å². The van der Waals surface area contributed by atoms with Gasteiger partial charge in [-0.05, 0) is 24.7 Å². The second-order valence-electron chi connectivity index (χ2n) is 2.90. The van der Waals surface area contributed by atoms with Gasteiger partial charge in [0.05, 0.1) is 0 Å². The van der Waals surface area contributed by atoms with Crippen LogP contribution >= 0.6 is 15.9 Å². The molecule has 0 spiro atoms. The summed E-state index contributed by atoms with van der Waals surface area (Å²) < 4.78 is 6.65. The number of nitrogens with two attached hydrogens (primary N) is 1. The van der Waals surface area contributed by atoms with Crippen molar-refractivity contribution in [1.29, 1.82) is 0 Å². The second kappa shape index (κ2) is 3.52. The first-order valence-electron chi connectivity index (χ1n) is 4.18. The highest BCUT2D eigenvalue weighted by Crippen LogP contribution is 2.26. The van der Waals surface area contributed by atoms with Gasteiger partial charge in [0, 0.05) is 16.3 Å². The van der Waals surface area contributed by atoms with Crippen LogP contribution in [0.1, 0.15) is 5.76 Å². The molecule has 0 radical (unpaired) electrons. The summed E-state index contributed by atoms with van der Waals surface area (Å²) in [4.78, 5) is 0. The lowest BCUT2D eigenvalue weighted by molar-refractivity contribution is 0.550. The van der Waals surface area contributed by atoms with Crippen LogP contribution in [-0.4, -0.2) is 6.54 Å². The molecule has 2 rings (SSSR count).